The molecule has 1 aromatic carbocycles. The van der Waals surface area contributed by atoms with Crippen molar-refractivity contribution in [3.8, 4) is 5.75 Å². The molecule has 1 saturated carbocycles. The topological polar surface area (TPSA) is 64.3 Å². The molecule has 1 fully saturated rings. The standard InChI is InChI=1S/C17H26N2O2/c1-12-4-3-5-16(13(12)2)21-11-10-17(20)19-15-8-6-14(18)7-9-15/h3-5,14-15H,6-11,18H2,1-2H3,(H,19,20). The molecule has 4 heteroatoms. The number of hydrogen-bond donors (Lipinski definition) is 2. The van der Waals surface area contributed by atoms with Crippen LogP contribution in [0, 0.1) is 13.8 Å². The van der Waals surface area contributed by atoms with Crippen molar-refractivity contribution in [2.24, 2.45) is 5.73 Å². The Kier molecular flexibility index (Phi) is 5.62. The number of nitrogens with one attached hydrogen (secondary N) is 1. The van der Waals surface area contributed by atoms with E-state index in [1.165, 1.54) is 5.56 Å². The van der Waals surface area contributed by atoms with E-state index in [4.69, 9.17) is 10.5 Å². The maximum Gasteiger partial charge on any atom is 0.223 e. The summed E-state index contributed by atoms with van der Waals surface area (Å²) in [5.41, 5.74) is 8.21. The van der Waals surface area contributed by atoms with E-state index in [0.717, 1.165) is 37.0 Å². The number of hydrogen-bond acceptors (Lipinski definition) is 3. The third-order valence-electron chi connectivity index (χ3n) is 4.28. The summed E-state index contributed by atoms with van der Waals surface area (Å²) in [7, 11) is 0. The van der Waals surface area contributed by atoms with E-state index in [9.17, 15) is 4.79 Å². The van der Waals surface area contributed by atoms with Crippen LogP contribution in [-0.2, 0) is 4.79 Å². The summed E-state index contributed by atoms with van der Waals surface area (Å²) in [6, 6.07) is 6.58. The molecule has 2 rings (SSSR count). The Hall–Kier alpha value is -1.55. The molecule has 0 atom stereocenters. The first-order chi connectivity index (χ1) is 10.1. The van der Waals surface area contributed by atoms with E-state index in [-0.39, 0.29) is 11.9 Å². The molecular formula is C17H26N2O2. The summed E-state index contributed by atoms with van der Waals surface area (Å²) < 4.78 is 5.71. The molecule has 0 heterocycles. The number of nitrogens with two attached hydrogens (primary N) is 1. The molecule has 0 radical (unpaired) electrons. The lowest BCUT2D eigenvalue weighted by molar-refractivity contribution is -0.122. The Morgan fingerprint density at radius 2 is 2.00 bits per heavy atom. The molecule has 21 heavy (non-hydrogen) atoms. The monoisotopic (exact) mass is 290 g/mol. The van der Waals surface area contributed by atoms with Gasteiger partial charge in [-0.2, -0.15) is 0 Å². The highest BCUT2D eigenvalue weighted by Crippen LogP contribution is 2.20. The van der Waals surface area contributed by atoms with Gasteiger partial charge >= 0.3 is 0 Å². The van der Waals surface area contributed by atoms with Crippen molar-refractivity contribution >= 4 is 5.91 Å². The molecule has 0 unspecified atom stereocenters. The summed E-state index contributed by atoms with van der Waals surface area (Å²) in [4.78, 5) is 11.9. The number of aryl methyl sites for hydroxylation is 1. The zero-order valence-electron chi connectivity index (χ0n) is 13.0. The second-order valence-corrected chi connectivity index (χ2v) is 5.98. The van der Waals surface area contributed by atoms with Crippen LogP contribution in [0.15, 0.2) is 18.2 Å². The molecule has 3 N–H and O–H groups in total. The quantitative estimate of drug-likeness (QED) is 0.875. The van der Waals surface area contributed by atoms with Crippen LogP contribution in [0.5, 0.6) is 5.75 Å². The molecule has 1 aliphatic carbocycles. The van der Waals surface area contributed by atoms with Gasteiger partial charge in [-0.1, -0.05) is 12.1 Å². The lowest BCUT2D eigenvalue weighted by Crippen LogP contribution is -2.40. The van der Waals surface area contributed by atoms with E-state index in [2.05, 4.69) is 18.3 Å². The lowest BCUT2D eigenvalue weighted by Gasteiger charge is -2.26. The molecule has 1 aromatic rings. The minimum Gasteiger partial charge on any atom is -0.493 e. The predicted octanol–water partition coefficient (Wildman–Crippen LogP) is 2.46. The second-order valence-electron chi connectivity index (χ2n) is 5.98. The maximum absolute atomic E-state index is 11.9. The average molecular weight is 290 g/mol. The second kappa shape index (κ2) is 7.46. The number of carbonyl (C=O) groups is 1. The highest BCUT2D eigenvalue weighted by molar-refractivity contribution is 5.76. The molecule has 4 nitrogen and oxygen atoms in total. The van der Waals surface area contributed by atoms with E-state index in [1.54, 1.807) is 0 Å². The highest BCUT2D eigenvalue weighted by Gasteiger charge is 2.19. The third kappa shape index (κ3) is 4.74. The van der Waals surface area contributed by atoms with Gasteiger partial charge in [0.1, 0.15) is 5.75 Å². The number of rotatable bonds is 5. The summed E-state index contributed by atoms with van der Waals surface area (Å²) in [5, 5.41) is 3.08. The Morgan fingerprint density at radius 1 is 1.29 bits per heavy atom. The van der Waals surface area contributed by atoms with Crippen LogP contribution in [0.1, 0.15) is 43.2 Å². The van der Waals surface area contributed by atoms with Gasteiger partial charge in [0, 0.05) is 12.1 Å². The van der Waals surface area contributed by atoms with Crippen LogP contribution in [0.4, 0.5) is 0 Å². The van der Waals surface area contributed by atoms with Gasteiger partial charge in [0.15, 0.2) is 0 Å². The largest absolute Gasteiger partial charge is 0.493 e. The van der Waals surface area contributed by atoms with Crippen molar-refractivity contribution in [3.05, 3.63) is 29.3 Å². The molecule has 1 aliphatic rings. The van der Waals surface area contributed by atoms with Gasteiger partial charge < -0.3 is 15.8 Å². The fraction of sp³-hybridized carbons (Fsp3) is 0.588. The third-order valence-corrected chi connectivity index (χ3v) is 4.28. The van der Waals surface area contributed by atoms with E-state index in [1.807, 2.05) is 19.1 Å². The number of benzene rings is 1. The first-order valence-electron chi connectivity index (χ1n) is 7.80. The van der Waals surface area contributed by atoms with Crippen molar-refractivity contribution < 1.29 is 9.53 Å². The van der Waals surface area contributed by atoms with Crippen LogP contribution < -0.4 is 15.8 Å². The van der Waals surface area contributed by atoms with Crippen molar-refractivity contribution in [2.75, 3.05) is 6.61 Å². The minimum absolute atomic E-state index is 0.0702. The van der Waals surface area contributed by atoms with Gasteiger partial charge in [0.2, 0.25) is 5.91 Å². The molecule has 0 saturated heterocycles. The zero-order valence-corrected chi connectivity index (χ0v) is 13.0. The Morgan fingerprint density at radius 3 is 2.71 bits per heavy atom. The summed E-state index contributed by atoms with van der Waals surface area (Å²) in [6.45, 7) is 4.51. The Bertz CT molecular complexity index is 480. The van der Waals surface area contributed by atoms with Crippen LogP contribution in [0.2, 0.25) is 0 Å². The van der Waals surface area contributed by atoms with Crippen molar-refractivity contribution in [3.63, 3.8) is 0 Å². The van der Waals surface area contributed by atoms with Crippen molar-refractivity contribution in [1.82, 2.24) is 5.32 Å². The van der Waals surface area contributed by atoms with Crippen LogP contribution in [0.25, 0.3) is 0 Å². The fourth-order valence-corrected chi connectivity index (χ4v) is 2.70. The van der Waals surface area contributed by atoms with Gasteiger partial charge in [-0.05, 0) is 56.7 Å². The first kappa shape index (κ1) is 15.8. The molecule has 116 valence electrons. The molecule has 0 bridgehead atoms. The summed E-state index contributed by atoms with van der Waals surface area (Å²) in [6.07, 6.45) is 4.39. The first-order valence-corrected chi connectivity index (χ1v) is 7.80. The molecule has 0 aromatic heterocycles. The van der Waals surface area contributed by atoms with Crippen molar-refractivity contribution in [2.45, 2.75) is 58.0 Å². The lowest BCUT2D eigenvalue weighted by atomic mass is 9.92. The predicted molar refractivity (Wildman–Crippen MR) is 84.4 cm³/mol. The number of carbonyl (C=O) groups excluding carboxylic acids is 1. The van der Waals surface area contributed by atoms with Crippen LogP contribution >= 0.6 is 0 Å². The molecule has 0 aliphatic heterocycles. The fourth-order valence-electron chi connectivity index (χ4n) is 2.70. The molecule has 0 spiro atoms. The number of amides is 1. The normalized spacial score (nSPS) is 21.9. The average Bonchev–Trinajstić information content (AvgIpc) is 2.46. The van der Waals surface area contributed by atoms with Crippen molar-refractivity contribution in [1.29, 1.82) is 0 Å². The van der Waals surface area contributed by atoms with E-state index >= 15 is 0 Å². The molecule has 1 amide bonds. The van der Waals surface area contributed by atoms with Gasteiger partial charge in [0.05, 0.1) is 13.0 Å². The number of ether oxygens (including phenoxy) is 1. The van der Waals surface area contributed by atoms with Gasteiger partial charge in [-0.25, -0.2) is 0 Å². The SMILES string of the molecule is Cc1cccc(OCCC(=O)NC2CCC(N)CC2)c1C. The zero-order chi connectivity index (χ0) is 15.2. The van der Waals surface area contributed by atoms with Gasteiger partial charge in [-0.15, -0.1) is 0 Å². The molecular weight excluding hydrogens is 264 g/mol. The van der Waals surface area contributed by atoms with Gasteiger partial charge in [-0.3, -0.25) is 4.79 Å². The Balaban J connectivity index is 1.71. The van der Waals surface area contributed by atoms with Gasteiger partial charge in [0.25, 0.3) is 0 Å². The minimum atomic E-state index is 0.0702. The summed E-state index contributed by atoms with van der Waals surface area (Å²) >= 11 is 0. The smallest absolute Gasteiger partial charge is 0.223 e. The van der Waals surface area contributed by atoms with Crippen LogP contribution in [-0.4, -0.2) is 24.6 Å². The summed E-state index contributed by atoms with van der Waals surface area (Å²) in [5.74, 6) is 0.937. The van der Waals surface area contributed by atoms with Crippen LogP contribution in [0.3, 0.4) is 0 Å². The Labute approximate surface area is 127 Å². The van der Waals surface area contributed by atoms with E-state index in [0.29, 0.717) is 19.1 Å². The van der Waals surface area contributed by atoms with E-state index < -0.39 is 0 Å². The maximum atomic E-state index is 11.9. The highest BCUT2D eigenvalue weighted by atomic mass is 16.5.